The highest BCUT2D eigenvalue weighted by atomic mass is 19.1. The SMILES string of the molecule is COc1ccccc1CC1(F)CCOCC1. The molecule has 16 heavy (non-hydrogen) atoms. The molecule has 0 amide bonds. The Morgan fingerprint density at radius 3 is 2.69 bits per heavy atom. The maximum atomic E-state index is 14.4. The van der Waals surface area contributed by atoms with Crippen molar-refractivity contribution < 1.29 is 13.9 Å². The summed E-state index contributed by atoms with van der Waals surface area (Å²) in [7, 11) is 1.62. The fraction of sp³-hybridized carbons (Fsp3) is 0.538. The van der Waals surface area contributed by atoms with Crippen LogP contribution in [0.3, 0.4) is 0 Å². The lowest BCUT2D eigenvalue weighted by molar-refractivity contribution is -0.00840. The summed E-state index contributed by atoms with van der Waals surface area (Å²) in [6, 6.07) is 7.62. The second-order valence-corrected chi connectivity index (χ2v) is 4.25. The second-order valence-electron chi connectivity index (χ2n) is 4.25. The number of halogens is 1. The summed E-state index contributed by atoms with van der Waals surface area (Å²) in [6.45, 7) is 1.04. The molecule has 1 aromatic carbocycles. The third kappa shape index (κ3) is 2.53. The van der Waals surface area contributed by atoms with Gasteiger partial charge < -0.3 is 9.47 Å². The van der Waals surface area contributed by atoms with Crippen LogP contribution in [0.2, 0.25) is 0 Å². The Morgan fingerprint density at radius 2 is 2.00 bits per heavy atom. The van der Waals surface area contributed by atoms with Crippen LogP contribution in [0.5, 0.6) is 5.75 Å². The van der Waals surface area contributed by atoms with Gasteiger partial charge >= 0.3 is 0 Å². The zero-order valence-corrected chi connectivity index (χ0v) is 9.54. The Hall–Kier alpha value is -1.09. The first-order valence-corrected chi connectivity index (χ1v) is 5.62. The molecule has 1 heterocycles. The van der Waals surface area contributed by atoms with Crippen molar-refractivity contribution in [1.82, 2.24) is 0 Å². The molecular weight excluding hydrogens is 207 g/mol. The summed E-state index contributed by atoms with van der Waals surface area (Å²) in [6.07, 6.45) is 1.37. The maximum Gasteiger partial charge on any atom is 0.122 e. The van der Waals surface area contributed by atoms with E-state index in [0.717, 1.165) is 11.3 Å². The van der Waals surface area contributed by atoms with Gasteiger partial charge in [-0.2, -0.15) is 0 Å². The molecule has 2 rings (SSSR count). The van der Waals surface area contributed by atoms with Crippen molar-refractivity contribution in [2.75, 3.05) is 20.3 Å². The minimum atomic E-state index is -1.13. The Kier molecular flexibility index (Phi) is 3.44. The van der Waals surface area contributed by atoms with E-state index in [1.54, 1.807) is 7.11 Å². The number of benzene rings is 1. The van der Waals surface area contributed by atoms with E-state index in [1.807, 2.05) is 24.3 Å². The number of alkyl halides is 1. The Bertz CT molecular complexity index is 346. The van der Waals surface area contributed by atoms with E-state index in [2.05, 4.69) is 0 Å². The molecule has 3 heteroatoms. The van der Waals surface area contributed by atoms with Gasteiger partial charge in [0.1, 0.15) is 11.4 Å². The van der Waals surface area contributed by atoms with E-state index in [1.165, 1.54) is 0 Å². The van der Waals surface area contributed by atoms with E-state index in [9.17, 15) is 4.39 Å². The van der Waals surface area contributed by atoms with Gasteiger partial charge in [-0.15, -0.1) is 0 Å². The number of hydrogen-bond acceptors (Lipinski definition) is 2. The molecule has 0 unspecified atom stereocenters. The Labute approximate surface area is 95.4 Å². The van der Waals surface area contributed by atoms with Gasteiger partial charge in [-0.3, -0.25) is 0 Å². The predicted molar refractivity (Wildman–Crippen MR) is 60.6 cm³/mol. The summed E-state index contributed by atoms with van der Waals surface area (Å²) >= 11 is 0. The molecular formula is C13H17FO2. The van der Waals surface area contributed by atoms with Crippen LogP contribution in [0.15, 0.2) is 24.3 Å². The summed E-state index contributed by atoms with van der Waals surface area (Å²) in [5, 5.41) is 0. The average molecular weight is 224 g/mol. The molecule has 1 fully saturated rings. The van der Waals surface area contributed by atoms with Crippen molar-refractivity contribution in [2.24, 2.45) is 0 Å². The summed E-state index contributed by atoms with van der Waals surface area (Å²) < 4.78 is 24.9. The molecule has 0 aliphatic carbocycles. The second kappa shape index (κ2) is 4.83. The van der Waals surface area contributed by atoms with E-state index < -0.39 is 5.67 Å². The molecule has 88 valence electrons. The van der Waals surface area contributed by atoms with Crippen LogP contribution in [0.25, 0.3) is 0 Å². The zero-order valence-electron chi connectivity index (χ0n) is 9.54. The number of rotatable bonds is 3. The van der Waals surface area contributed by atoms with Gasteiger partial charge in [0.05, 0.1) is 7.11 Å². The van der Waals surface area contributed by atoms with Crippen LogP contribution in [0.1, 0.15) is 18.4 Å². The van der Waals surface area contributed by atoms with Crippen molar-refractivity contribution in [3.05, 3.63) is 29.8 Å². The standard InChI is InChI=1S/C13H17FO2/c1-15-12-5-3-2-4-11(12)10-13(14)6-8-16-9-7-13/h2-5H,6-10H2,1H3. The lowest BCUT2D eigenvalue weighted by Gasteiger charge is -2.30. The lowest BCUT2D eigenvalue weighted by Crippen LogP contribution is -2.33. The third-order valence-electron chi connectivity index (χ3n) is 3.09. The summed E-state index contributed by atoms with van der Waals surface area (Å²) in [4.78, 5) is 0. The van der Waals surface area contributed by atoms with Crippen molar-refractivity contribution >= 4 is 0 Å². The molecule has 1 saturated heterocycles. The lowest BCUT2D eigenvalue weighted by atomic mass is 9.89. The fourth-order valence-corrected chi connectivity index (χ4v) is 2.10. The molecule has 0 atom stereocenters. The molecule has 1 aliphatic rings. The topological polar surface area (TPSA) is 18.5 Å². The number of methoxy groups -OCH3 is 1. The predicted octanol–water partition coefficient (Wildman–Crippen LogP) is 2.76. The van der Waals surface area contributed by atoms with Crippen LogP contribution >= 0.6 is 0 Å². The van der Waals surface area contributed by atoms with Gasteiger partial charge in [-0.05, 0) is 11.6 Å². The minimum absolute atomic E-state index is 0.417. The van der Waals surface area contributed by atoms with Crippen molar-refractivity contribution in [3.63, 3.8) is 0 Å². The van der Waals surface area contributed by atoms with E-state index in [0.29, 0.717) is 32.5 Å². The minimum Gasteiger partial charge on any atom is -0.496 e. The van der Waals surface area contributed by atoms with Crippen LogP contribution in [0, 0.1) is 0 Å². The zero-order chi connectivity index (χ0) is 11.4. The molecule has 0 spiro atoms. The Balaban J connectivity index is 2.12. The first kappa shape index (κ1) is 11.4. The number of ether oxygens (including phenoxy) is 2. The Morgan fingerprint density at radius 1 is 1.31 bits per heavy atom. The first-order chi connectivity index (χ1) is 7.73. The normalized spacial score (nSPS) is 19.4. The highest BCUT2D eigenvalue weighted by molar-refractivity contribution is 5.34. The number of para-hydroxylation sites is 1. The van der Waals surface area contributed by atoms with Crippen molar-refractivity contribution in [2.45, 2.75) is 24.9 Å². The van der Waals surface area contributed by atoms with Crippen LogP contribution in [-0.4, -0.2) is 26.0 Å². The molecule has 0 aromatic heterocycles. The maximum absolute atomic E-state index is 14.4. The smallest absolute Gasteiger partial charge is 0.122 e. The molecule has 1 aromatic rings. The molecule has 0 N–H and O–H groups in total. The van der Waals surface area contributed by atoms with Crippen molar-refractivity contribution in [3.8, 4) is 5.75 Å². The van der Waals surface area contributed by atoms with Gasteiger partial charge in [0.2, 0.25) is 0 Å². The van der Waals surface area contributed by atoms with Gasteiger partial charge in [0.15, 0.2) is 0 Å². The van der Waals surface area contributed by atoms with Gasteiger partial charge in [0, 0.05) is 32.5 Å². The van der Waals surface area contributed by atoms with Gasteiger partial charge in [-0.1, -0.05) is 18.2 Å². The molecule has 0 radical (unpaired) electrons. The van der Waals surface area contributed by atoms with Crippen molar-refractivity contribution in [1.29, 1.82) is 0 Å². The largest absolute Gasteiger partial charge is 0.496 e. The van der Waals surface area contributed by atoms with Crippen LogP contribution in [-0.2, 0) is 11.2 Å². The van der Waals surface area contributed by atoms with Gasteiger partial charge in [0.25, 0.3) is 0 Å². The monoisotopic (exact) mass is 224 g/mol. The molecule has 0 bridgehead atoms. The van der Waals surface area contributed by atoms with Gasteiger partial charge in [-0.25, -0.2) is 4.39 Å². The molecule has 0 saturated carbocycles. The summed E-state index contributed by atoms with van der Waals surface area (Å²) in [5.41, 5.74) is -0.193. The van der Waals surface area contributed by atoms with Crippen LogP contribution < -0.4 is 4.74 Å². The summed E-state index contributed by atoms with van der Waals surface area (Å²) in [5.74, 6) is 0.769. The average Bonchev–Trinajstić information content (AvgIpc) is 2.30. The van der Waals surface area contributed by atoms with Crippen LogP contribution in [0.4, 0.5) is 4.39 Å². The first-order valence-electron chi connectivity index (χ1n) is 5.62. The molecule has 1 aliphatic heterocycles. The van der Waals surface area contributed by atoms with E-state index in [-0.39, 0.29) is 0 Å². The third-order valence-corrected chi connectivity index (χ3v) is 3.09. The fourth-order valence-electron chi connectivity index (χ4n) is 2.10. The molecule has 2 nitrogen and oxygen atoms in total. The number of hydrogen-bond donors (Lipinski definition) is 0. The highest BCUT2D eigenvalue weighted by Gasteiger charge is 2.33. The highest BCUT2D eigenvalue weighted by Crippen LogP contribution is 2.32. The van der Waals surface area contributed by atoms with E-state index >= 15 is 0 Å². The van der Waals surface area contributed by atoms with E-state index in [4.69, 9.17) is 9.47 Å². The quantitative estimate of drug-likeness (QED) is 0.786.